The fourth-order valence-corrected chi connectivity index (χ4v) is 1.67. The number of nitrogens with one attached hydrogen (secondary N) is 2. The predicted octanol–water partition coefficient (Wildman–Crippen LogP) is 1.86. The second-order valence-corrected chi connectivity index (χ2v) is 5.91. The summed E-state index contributed by atoms with van der Waals surface area (Å²) in [4.78, 5) is 11.5. The zero-order valence-corrected chi connectivity index (χ0v) is 13.1. The Balaban J connectivity index is 3.96. The van der Waals surface area contributed by atoms with E-state index in [0.717, 1.165) is 19.4 Å². The van der Waals surface area contributed by atoms with Gasteiger partial charge in [0.15, 0.2) is 0 Å². The summed E-state index contributed by atoms with van der Waals surface area (Å²) in [6, 6.07) is 0.0909. The number of carbonyl (C=O) groups is 1. The lowest BCUT2D eigenvalue weighted by Crippen LogP contribution is -2.47. The molecule has 0 aromatic rings. The molecule has 0 saturated heterocycles. The molecular formula is C14H31N3O2. The van der Waals surface area contributed by atoms with Crippen LogP contribution in [0.4, 0.5) is 4.79 Å². The number of rotatable bonds is 8. The first-order valence-corrected chi connectivity index (χ1v) is 7.22. The minimum absolute atomic E-state index is 0.0909. The molecular weight excluding hydrogens is 242 g/mol. The number of hydrogen-bond acceptors (Lipinski definition) is 4. The number of nitrogens with two attached hydrogens (primary N) is 1. The highest BCUT2D eigenvalue weighted by Gasteiger charge is 2.17. The third-order valence-electron chi connectivity index (χ3n) is 3.03. The van der Waals surface area contributed by atoms with Crippen LogP contribution in [0.15, 0.2) is 0 Å². The van der Waals surface area contributed by atoms with E-state index in [1.807, 2.05) is 20.8 Å². The van der Waals surface area contributed by atoms with Gasteiger partial charge in [-0.05, 0) is 33.2 Å². The largest absolute Gasteiger partial charge is 0.444 e. The van der Waals surface area contributed by atoms with Gasteiger partial charge in [-0.25, -0.2) is 4.79 Å². The van der Waals surface area contributed by atoms with Crippen LogP contribution in [-0.2, 0) is 4.74 Å². The molecule has 0 aliphatic carbocycles. The van der Waals surface area contributed by atoms with Crippen molar-refractivity contribution in [3.63, 3.8) is 0 Å². The van der Waals surface area contributed by atoms with E-state index < -0.39 is 11.7 Å². The molecule has 0 aromatic heterocycles. The van der Waals surface area contributed by atoms with Crippen LogP contribution in [0.5, 0.6) is 0 Å². The molecule has 0 aliphatic rings. The van der Waals surface area contributed by atoms with E-state index in [2.05, 4.69) is 24.5 Å². The minimum atomic E-state index is -0.467. The number of amides is 1. The van der Waals surface area contributed by atoms with Gasteiger partial charge in [0.05, 0.1) is 0 Å². The molecule has 0 aliphatic heterocycles. The normalized spacial score (nSPS) is 13.4. The summed E-state index contributed by atoms with van der Waals surface area (Å²) in [5.74, 6) is 0.663. The molecule has 0 saturated carbocycles. The molecule has 0 bridgehead atoms. The highest BCUT2D eigenvalue weighted by Crippen LogP contribution is 2.07. The lowest BCUT2D eigenvalue weighted by molar-refractivity contribution is 0.0522. The second kappa shape index (κ2) is 9.15. The molecule has 0 heterocycles. The summed E-state index contributed by atoms with van der Waals surface area (Å²) in [5.41, 5.74) is 5.23. The molecule has 0 spiro atoms. The van der Waals surface area contributed by atoms with Crippen LogP contribution in [0.2, 0.25) is 0 Å². The molecule has 114 valence electrons. The van der Waals surface area contributed by atoms with Gasteiger partial charge in [0.1, 0.15) is 5.60 Å². The maximum atomic E-state index is 11.5. The van der Waals surface area contributed by atoms with Crippen LogP contribution in [0.25, 0.3) is 0 Å². The van der Waals surface area contributed by atoms with Crippen molar-refractivity contribution in [2.45, 2.75) is 59.1 Å². The highest BCUT2D eigenvalue weighted by molar-refractivity contribution is 5.67. The van der Waals surface area contributed by atoms with Gasteiger partial charge in [0, 0.05) is 19.1 Å². The Labute approximate surface area is 117 Å². The molecule has 0 rings (SSSR count). The van der Waals surface area contributed by atoms with E-state index in [-0.39, 0.29) is 6.04 Å². The molecule has 0 fully saturated rings. The SMILES string of the molecule is CCC(CC)CNC(CN)CNC(=O)OC(C)(C)C. The number of alkyl carbamates (subject to hydrolysis) is 1. The topological polar surface area (TPSA) is 76.4 Å². The van der Waals surface area contributed by atoms with Crippen molar-refractivity contribution in [3.05, 3.63) is 0 Å². The first kappa shape index (κ1) is 18.2. The Morgan fingerprint density at radius 2 is 1.79 bits per heavy atom. The van der Waals surface area contributed by atoms with Crippen molar-refractivity contribution in [3.8, 4) is 0 Å². The van der Waals surface area contributed by atoms with Gasteiger partial charge < -0.3 is 21.1 Å². The van der Waals surface area contributed by atoms with Crippen molar-refractivity contribution < 1.29 is 9.53 Å². The van der Waals surface area contributed by atoms with E-state index in [0.29, 0.717) is 19.0 Å². The zero-order valence-electron chi connectivity index (χ0n) is 13.1. The van der Waals surface area contributed by atoms with Gasteiger partial charge in [-0.1, -0.05) is 26.7 Å². The molecule has 1 amide bonds. The van der Waals surface area contributed by atoms with E-state index in [9.17, 15) is 4.79 Å². The molecule has 4 N–H and O–H groups in total. The van der Waals surface area contributed by atoms with Gasteiger partial charge in [-0.15, -0.1) is 0 Å². The first-order valence-electron chi connectivity index (χ1n) is 7.22. The van der Waals surface area contributed by atoms with E-state index >= 15 is 0 Å². The third kappa shape index (κ3) is 9.73. The lowest BCUT2D eigenvalue weighted by atomic mass is 10.0. The molecule has 5 nitrogen and oxygen atoms in total. The summed E-state index contributed by atoms with van der Waals surface area (Å²) >= 11 is 0. The fourth-order valence-electron chi connectivity index (χ4n) is 1.67. The average Bonchev–Trinajstić information content (AvgIpc) is 2.31. The van der Waals surface area contributed by atoms with Crippen molar-refractivity contribution in [2.24, 2.45) is 11.7 Å². The zero-order chi connectivity index (χ0) is 14.9. The molecule has 1 atom stereocenters. The smallest absolute Gasteiger partial charge is 0.407 e. The minimum Gasteiger partial charge on any atom is -0.444 e. The summed E-state index contributed by atoms with van der Waals surface area (Å²) in [6.07, 6.45) is 1.91. The van der Waals surface area contributed by atoms with Crippen LogP contribution in [0.3, 0.4) is 0 Å². The molecule has 1 unspecified atom stereocenters. The number of hydrogen-bond donors (Lipinski definition) is 3. The fraction of sp³-hybridized carbons (Fsp3) is 0.929. The Morgan fingerprint density at radius 1 is 1.21 bits per heavy atom. The van der Waals surface area contributed by atoms with Crippen LogP contribution in [-0.4, -0.2) is 37.4 Å². The van der Waals surface area contributed by atoms with Crippen molar-refractivity contribution in [1.82, 2.24) is 10.6 Å². The Hall–Kier alpha value is -0.810. The van der Waals surface area contributed by atoms with Gasteiger partial charge in [0.2, 0.25) is 0 Å². The molecule has 0 aromatic carbocycles. The van der Waals surface area contributed by atoms with E-state index in [1.165, 1.54) is 0 Å². The molecule has 5 heteroatoms. The van der Waals surface area contributed by atoms with Gasteiger partial charge >= 0.3 is 6.09 Å². The number of carbonyl (C=O) groups excluding carboxylic acids is 1. The summed E-state index contributed by atoms with van der Waals surface area (Å²) in [5, 5.41) is 6.14. The second-order valence-electron chi connectivity index (χ2n) is 5.91. The van der Waals surface area contributed by atoms with Gasteiger partial charge in [0.25, 0.3) is 0 Å². The maximum absolute atomic E-state index is 11.5. The first-order chi connectivity index (χ1) is 8.82. The van der Waals surface area contributed by atoms with Crippen molar-refractivity contribution in [2.75, 3.05) is 19.6 Å². The number of ether oxygens (including phenoxy) is 1. The summed E-state index contributed by atoms with van der Waals surface area (Å²) < 4.78 is 5.18. The van der Waals surface area contributed by atoms with Crippen LogP contribution < -0.4 is 16.4 Å². The maximum Gasteiger partial charge on any atom is 0.407 e. The lowest BCUT2D eigenvalue weighted by Gasteiger charge is -2.23. The standard InChI is InChI=1S/C14H31N3O2/c1-6-11(7-2)9-16-12(8-15)10-17-13(18)19-14(3,4)5/h11-12,16H,6-10,15H2,1-5H3,(H,17,18). The van der Waals surface area contributed by atoms with Crippen molar-refractivity contribution >= 4 is 6.09 Å². The Bertz CT molecular complexity index is 248. The van der Waals surface area contributed by atoms with E-state index in [4.69, 9.17) is 10.5 Å². The average molecular weight is 273 g/mol. The monoisotopic (exact) mass is 273 g/mol. The summed E-state index contributed by atoms with van der Waals surface area (Å²) in [6.45, 7) is 11.8. The van der Waals surface area contributed by atoms with Crippen LogP contribution in [0, 0.1) is 5.92 Å². The molecule has 0 radical (unpaired) electrons. The third-order valence-corrected chi connectivity index (χ3v) is 3.03. The van der Waals surface area contributed by atoms with Gasteiger partial charge in [-0.2, -0.15) is 0 Å². The quantitative estimate of drug-likeness (QED) is 0.631. The van der Waals surface area contributed by atoms with Crippen LogP contribution in [0.1, 0.15) is 47.5 Å². The Morgan fingerprint density at radius 3 is 2.21 bits per heavy atom. The van der Waals surface area contributed by atoms with Crippen LogP contribution >= 0.6 is 0 Å². The van der Waals surface area contributed by atoms with E-state index in [1.54, 1.807) is 0 Å². The van der Waals surface area contributed by atoms with Gasteiger partial charge in [-0.3, -0.25) is 0 Å². The molecule has 19 heavy (non-hydrogen) atoms. The van der Waals surface area contributed by atoms with Crippen molar-refractivity contribution in [1.29, 1.82) is 0 Å². The predicted molar refractivity (Wildman–Crippen MR) is 79.2 cm³/mol. The Kier molecular flexibility index (Phi) is 8.76. The highest BCUT2D eigenvalue weighted by atomic mass is 16.6. The summed E-state index contributed by atoms with van der Waals surface area (Å²) in [7, 11) is 0.